The Balaban J connectivity index is 1.68. The average molecular weight is 375 g/mol. The molecule has 0 radical (unpaired) electrons. The van der Waals surface area contributed by atoms with Gasteiger partial charge in [0.05, 0.1) is 0 Å². The highest BCUT2D eigenvalue weighted by Gasteiger charge is 2.36. The molecule has 2 N–H and O–H groups in total. The average Bonchev–Trinajstić information content (AvgIpc) is 2.65. The molecular formula is C21H34N4O2. The predicted molar refractivity (Wildman–Crippen MR) is 110 cm³/mol. The van der Waals surface area contributed by atoms with Crippen LogP contribution in [0.25, 0.3) is 0 Å². The van der Waals surface area contributed by atoms with Crippen LogP contribution >= 0.6 is 0 Å². The van der Waals surface area contributed by atoms with Gasteiger partial charge in [0.25, 0.3) is 0 Å². The van der Waals surface area contributed by atoms with E-state index < -0.39 is 0 Å². The molecule has 1 fully saturated rings. The number of nitrogens with zero attached hydrogens (tertiary/aromatic N) is 2. The molecule has 1 aromatic rings. The zero-order valence-electron chi connectivity index (χ0n) is 17.0. The fraction of sp³-hybridized carbons (Fsp3) is 0.619. The largest absolute Gasteiger partial charge is 0.385 e. The van der Waals surface area contributed by atoms with Crippen LogP contribution in [-0.2, 0) is 16.1 Å². The topological polar surface area (TPSA) is 66.0 Å². The van der Waals surface area contributed by atoms with Gasteiger partial charge in [-0.3, -0.25) is 9.79 Å². The number of nitrogens with one attached hydrogen (secondary N) is 2. The van der Waals surface area contributed by atoms with Crippen LogP contribution in [0.3, 0.4) is 0 Å². The summed E-state index contributed by atoms with van der Waals surface area (Å²) in [5.74, 6) is 0.884. The number of carbonyl (C=O) groups is 1. The van der Waals surface area contributed by atoms with E-state index in [9.17, 15) is 4.79 Å². The second-order valence-electron chi connectivity index (χ2n) is 7.43. The summed E-state index contributed by atoms with van der Waals surface area (Å²) >= 11 is 0. The monoisotopic (exact) mass is 374 g/mol. The van der Waals surface area contributed by atoms with Gasteiger partial charge in [-0.05, 0) is 30.2 Å². The smallest absolute Gasteiger partial charge is 0.224 e. The Labute approximate surface area is 163 Å². The minimum atomic E-state index is 0.123. The van der Waals surface area contributed by atoms with Crippen molar-refractivity contribution in [1.82, 2.24) is 15.5 Å². The van der Waals surface area contributed by atoms with Crippen LogP contribution in [0.15, 0.2) is 35.3 Å². The van der Waals surface area contributed by atoms with Crippen molar-refractivity contribution >= 4 is 11.9 Å². The van der Waals surface area contributed by atoms with Gasteiger partial charge in [0.1, 0.15) is 0 Å². The Morgan fingerprint density at radius 1 is 1.26 bits per heavy atom. The number of hydrogen-bond donors (Lipinski definition) is 2. The lowest BCUT2D eigenvalue weighted by molar-refractivity contribution is -0.130. The van der Waals surface area contributed by atoms with Gasteiger partial charge in [-0.1, -0.05) is 36.8 Å². The lowest BCUT2D eigenvalue weighted by Gasteiger charge is -2.42. The second kappa shape index (κ2) is 10.9. The van der Waals surface area contributed by atoms with E-state index in [-0.39, 0.29) is 5.91 Å². The Kier molecular flexibility index (Phi) is 8.58. The summed E-state index contributed by atoms with van der Waals surface area (Å²) in [4.78, 5) is 18.4. The third-order valence-electron chi connectivity index (χ3n) is 5.42. The Bertz CT molecular complexity index is 599. The molecule has 6 heteroatoms. The predicted octanol–water partition coefficient (Wildman–Crippen LogP) is 2.41. The molecule has 6 nitrogen and oxygen atoms in total. The number of rotatable bonds is 10. The molecule has 150 valence electrons. The van der Waals surface area contributed by atoms with Crippen LogP contribution in [0, 0.1) is 5.41 Å². The molecule has 1 saturated carbocycles. The van der Waals surface area contributed by atoms with E-state index in [1.165, 1.54) is 19.3 Å². The Hall–Kier alpha value is -2.08. The first-order chi connectivity index (χ1) is 13.1. The molecule has 1 aliphatic carbocycles. The van der Waals surface area contributed by atoms with Crippen LogP contribution in [-0.4, -0.2) is 57.7 Å². The van der Waals surface area contributed by atoms with Crippen LogP contribution in [0.4, 0.5) is 0 Å². The van der Waals surface area contributed by atoms with E-state index in [1.807, 2.05) is 37.4 Å². The number of carbonyl (C=O) groups excluding carboxylic acids is 1. The zero-order valence-corrected chi connectivity index (χ0v) is 17.0. The van der Waals surface area contributed by atoms with Gasteiger partial charge in [-0.15, -0.1) is 0 Å². The number of amides is 1. The van der Waals surface area contributed by atoms with Crippen molar-refractivity contribution in [2.45, 2.75) is 38.6 Å². The molecule has 2 rings (SSSR count). The minimum absolute atomic E-state index is 0.123. The van der Waals surface area contributed by atoms with E-state index in [2.05, 4.69) is 15.6 Å². The van der Waals surface area contributed by atoms with E-state index in [4.69, 9.17) is 4.74 Å². The molecule has 0 saturated heterocycles. The number of benzene rings is 1. The highest BCUT2D eigenvalue weighted by molar-refractivity contribution is 5.81. The van der Waals surface area contributed by atoms with Crippen molar-refractivity contribution in [1.29, 1.82) is 0 Å². The van der Waals surface area contributed by atoms with E-state index in [1.54, 1.807) is 19.1 Å². The van der Waals surface area contributed by atoms with E-state index in [0.717, 1.165) is 31.1 Å². The lowest BCUT2D eigenvalue weighted by Crippen LogP contribution is -2.47. The summed E-state index contributed by atoms with van der Waals surface area (Å²) in [5.41, 5.74) is 1.47. The maximum atomic E-state index is 12.3. The van der Waals surface area contributed by atoms with Gasteiger partial charge in [-0.25, -0.2) is 0 Å². The molecule has 0 aromatic heterocycles. The lowest BCUT2D eigenvalue weighted by atomic mass is 9.67. The fourth-order valence-electron chi connectivity index (χ4n) is 3.43. The van der Waals surface area contributed by atoms with Crippen LogP contribution in [0.1, 0.15) is 37.7 Å². The second-order valence-corrected chi connectivity index (χ2v) is 7.43. The molecule has 1 aromatic carbocycles. The highest BCUT2D eigenvalue weighted by atomic mass is 16.5. The third-order valence-corrected chi connectivity index (χ3v) is 5.42. The molecule has 27 heavy (non-hydrogen) atoms. The van der Waals surface area contributed by atoms with Crippen molar-refractivity contribution < 1.29 is 9.53 Å². The van der Waals surface area contributed by atoms with Gasteiger partial charge in [0.2, 0.25) is 5.91 Å². The van der Waals surface area contributed by atoms with Crippen molar-refractivity contribution in [2.24, 2.45) is 10.4 Å². The number of methoxy groups -OCH3 is 1. The van der Waals surface area contributed by atoms with Crippen molar-refractivity contribution in [2.75, 3.05) is 40.9 Å². The molecular weight excluding hydrogens is 340 g/mol. The molecule has 0 atom stereocenters. The molecule has 1 amide bonds. The summed E-state index contributed by atoms with van der Waals surface area (Å²) in [5, 5.41) is 6.68. The summed E-state index contributed by atoms with van der Waals surface area (Å²) in [6.45, 7) is 2.91. The standard InChI is InChI=1S/C21H34N4O2/c1-22-20(24-17-21(11-7-12-21)13-15-27-3)23-14-10-19(26)25(2)16-18-8-5-4-6-9-18/h4-6,8-9H,7,10-17H2,1-3H3,(H2,22,23,24). The SMILES string of the molecule is CN=C(NCCC(=O)N(C)Cc1ccccc1)NCC1(CCOC)CCC1. The van der Waals surface area contributed by atoms with Crippen LogP contribution < -0.4 is 10.6 Å². The summed E-state index contributed by atoms with van der Waals surface area (Å²) in [6, 6.07) is 10.0. The van der Waals surface area contributed by atoms with E-state index in [0.29, 0.717) is 24.9 Å². The van der Waals surface area contributed by atoms with Gasteiger partial charge in [-0.2, -0.15) is 0 Å². The maximum absolute atomic E-state index is 12.3. The first-order valence-corrected chi connectivity index (χ1v) is 9.80. The molecule has 1 aliphatic rings. The van der Waals surface area contributed by atoms with E-state index >= 15 is 0 Å². The van der Waals surface area contributed by atoms with Gasteiger partial charge >= 0.3 is 0 Å². The van der Waals surface area contributed by atoms with Gasteiger partial charge in [0.15, 0.2) is 5.96 Å². The zero-order chi connectivity index (χ0) is 19.5. The normalized spacial score (nSPS) is 15.7. The minimum Gasteiger partial charge on any atom is -0.385 e. The van der Waals surface area contributed by atoms with Crippen LogP contribution in [0.5, 0.6) is 0 Å². The van der Waals surface area contributed by atoms with Gasteiger partial charge in [0, 0.05) is 53.9 Å². The Morgan fingerprint density at radius 2 is 2.00 bits per heavy atom. The molecule has 0 spiro atoms. The maximum Gasteiger partial charge on any atom is 0.224 e. The molecule has 0 heterocycles. The first-order valence-electron chi connectivity index (χ1n) is 9.80. The number of guanidine groups is 1. The fourth-order valence-corrected chi connectivity index (χ4v) is 3.43. The number of ether oxygens (including phenoxy) is 1. The molecule has 0 unspecified atom stereocenters. The summed E-state index contributed by atoms with van der Waals surface area (Å²) in [6.07, 6.45) is 5.29. The van der Waals surface area contributed by atoms with Crippen LogP contribution in [0.2, 0.25) is 0 Å². The first kappa shape index (κ1) is 21.2. The molecule has 0 bridgehead atoms. The number of aliphatic imine (C=N–C) groups is 1. The third kappa shape index (κ3) is 6.86. The number of hydrogen-bond acceptors (Lipinski definition) is 3. The molecule has 0 aliphatic heterocycles. The van der Waals surface area contributed by atoms with Crippen molar-refractivity contribution in [3.8, 4) is 0 Å². The van der Waals surface area contributed by atoms with Crippen molar-refractivity contribution in [3.05, 3.63) is 35.9 Å². The van der Waals surface area contributed by atoms with Gasteiger partial charge < -0.3 is 20.3 Å². The summed E-state index contributed by atoms with van der Waals surface area (Å²) < 4.78 is 5.25. The van der Waals surface area contributed by atoms with Crippen molar-refractivity contribution in [3.63, 3.8) is 0 Å². The Morgan fingerprint density at radius 3 is 2.59 bits per heavy atom. The highest BCUT2D eigenvalue weighted by Crippen LogP contribution is 2.43. The summed E-state index contributed by atoms with van der Waals surface area (Å²) in [7, 11) is 5.37. The quantitative estimate of drug-likeness (QED) is 0.488.